The van der Waals surface area contributed by atoms with E-state index in [0.717, 1.165) is 16.8 Å². The molecule has 0 aliphatic heterocycles. The van der Waals surface area contributed by atoms with E-state index in [1.807, 2.05) is 73.0 Å². The molecule has 35 heavy (non-hydrogen) atoms. The van der Waals surface area contributed by atoms with Gasteiger partial charge in [0.05, 0.1) is 11.6 Å². The smallest absolute Gasteiger partial charge is 0.220 e. The maximum Gasteiger partial charge on any atom is 0.220 e. The second kappa shape index (κ2) is 10.8. The third kappa shape index (κ3) is 5.67. The van der Waals surface area contributed by atoms with E-state index in [2.05, 4.69) is 16.3 Å². The molecule has 0 unspecified atom stereocenters. The van der Waals surface area contributed by atoms with Gasteiger partial charge < -0.3 is 4.74 Å². The van der Waals surface area contributed by atoms with Gasteiger partial charge in [0.25, 0.3) is 0 Å². The fraction of sp³-hybridized carbons (Fsp3) is 0.192. The van der Waals surface area contributed by atoms with E-state index in [0.29, 0.717) is 27.9 Å². The number of nitrogens with zero attached hydrogens (tertiary/aromatic N) is 5. The van der Waals surface area contributed by atoms with Crippen LogP contribution in [0.5, 0.6) is 5.75 Å². The highest BCUT2D eigenvalue weighted by Crippen LogP contribution is 2.40. The van der Waals surface area contributed by atoms with Gasteiger partial charge in [0, 0.05) is 21.7 Å². The van der Waals surface area contributed by atoms with E-state index < -0.39 is 5.25 Å². The summed E-state index contributed by atoms with van der Waals surface area (Å²) >= 11 is 1.28. The standard InChI is InChI=1S/C26H23N5O3S/c1-18-11-13-22(14-12-18)31-19(2)28-29-26(31)35-25(16-30(32)33)23-9-5-6-10-24(23)34-17-21-8-4-3-7-20(21)15-27/h3-14,25H,16-17H2,1-2H3/t25-/m0/s1. The molecular formula is C26H23N5O3S. The Kier molecular flexibility index (Phi) is 7.43. The van der Waals surface area contributed by atoms with E-state index in [1.54, 1.807) is 18.2 Å². The summed E-state index contributed by atoms with van der Waals surface area (Å²) in [5.74, 6) is 1.21. The van der Waals surface area contributed by atoms with Crippen molar-refractivity contribution in [3.05, 3.63) is 111 Å². The number of nitro groups is 1. The van der Waals surface area contributed by atoms with E-state index in [-0.39, 0.29) is 18.1 Å². The van der Waals surface area contributed by atoms with Crippen molar-refractivity contribution < 1.29 is 9.66 Å². The van der Waals surface area contributed by atoms with Crippen LogP contribution in [0.1, 0.15) is 33.3 Å². The van der Waals surface area contributed by atoms with Crippen LogP contribution in [0.15, 0.2) is 78.0 Å². The number of thioether (sulfide) groups is 1. The number of benzene rings is 3. The zero-order chi connectivity index (χ0) is 24.8. The lowest BCUT2D eigenvalue weighted by Gasteiger charge is -2.18. The van der Waals surface area contributed by atoms with Crippen molar-refractivity contribution in [2.75, 3.05) is 6.54 Å². The van der Waals surface area contributed by atoms with Gasteiger partial charge in [0.2, 0.25) is 6.54 Å². The first kappa shape index (κ1) is 24.0. The lowest BCUT2D eigenvalue weighted by Crippen LogP contribution is -2.12. The maximum atomic E-state index is 11.6. The number of ether oxygens (including phenoxy) is 1. The molecule has 0 aliphatic carbocycles. The van der Waals surface area contributed by atoms with Crippen molar-refractivity contribution in [1.82, 2.24) is 14.8 Å². The van der Waals surface area contributed by atoms with Gasteiger partial charge in [-0.2, -0.15) is 5.26 Å². The molecule has 1 atom stereocenters. The Labute approximate surface area is 207 Å². The maximum absolute atomic E-state index is 11.6. The third-order valence-corrected chi connectivity index (χ3v) is 6.60. The zero-order valence-corrected chi connectivity index (χ0v) is 20.1. The van der Waals surface area contributed by atoms with Crippen molar-refractivity contribution in [1.29, 1.82) is 5.26 Å². The van der Waals surface area contributed by atoms with Crippen LogP contribution >= 0.6 is 11.8 Å². The molecule has 9 heteroatoms. The van der Waals surface area contributed by atoms with E-state index in [1.165, 1.54) is 11.8 Å². The van der Waals surface area contributed by atoms with Crippen LogP contribution in [0.25, 0.3) is 5.69 Å². The highest BCUT2D eigenvalue weighted by Gasteiger charge is 2.26. The Bertz CT molecular complexity index is 1380. The first-order valence-electron chi connectivity index (χ1n) is 10.9. The first-order chi connectivity index (χ1) is 17.0. The minimum absolute atomic E-state index is 0.176. The van der Waals surface area contributed by atoms with Crippen molar-refractivity contribution in [3.8, 4) is 17.5 Å². The molecule has 176 valence electrons. The minimum Gasteiger partial charge on any atom is -0.489 e. The molecule has 1 aromatic heterocycles. The SMILES string of the molecule is Cc1ccc(-n2c(C)nnc2S[C@@H](C[N+](=O)[O-])c2ccccc2OCc2ccccc2C#N)cc1. The van der Waals surface area contributed by atoms with Gasteiger partial charge >= 0.3 is 0 Å². The van der Waals surface area contributed by atoms with Gasteiger partial charge in [-0.15, -0.1) is 10.2 Å². The summed E-state index contributed by atoms with van der Waals surface area (Å²) in [6.45, 7) is 3.72. The van der Waals surface area contributed by atoms with Crippen LogP contribution in [0.2, 0.25) is 0 Å². The number of aromatic nitrogens is 3. The molecule has 0 radical (unpaired) electrons. The minimum atomic E-state index is -0.569. The van der Waals surface area contributed by atoms with Crippen LogP contribution in [-0.4, -0.2) is 26.2 Å². The fourth-order valence-electron chi connectivity index (χ4n) is 3.66. The number of nitriles is 1. The predicted molar refractivity (Wildman–Crippen MR) is 133 cm³/mol. The molecular weight excluding hydrogens is 462 g/mol. The Morgan fingerprint density at radius 1 is 1.06 bits per heavy atom. The topological polar surface area (TPSA) is 107 Å². The number of para-hydroxylation sites is 1. The molecule has 0 amide bonds. The van der Waals surface area contributed by atoms with Gasteiger partial charge in [-0.05, 0) is 38.1 Å². The second-order valence-corrected chi connectivity index (χ2v) is 9.09. The first-order valence-corrected chi connectivity index (χ1v) is 11.8. The van der Waals surface area contributed by atoms with Crippen molar-refractivity contribution in [3.63, 3.8) is 0 Å². The monoisotopic (exact) mass is 485 g/mol. The molecule has 0 aliphatic rings. The molecule has 0 spiro atoms. The molecule has 4 rings (SSSR count). The lowest BCUT2D eigenvalue weighted by molar-refractivity contribution is -0.479. The Balaban J connectivity index is 1.65. The normalized spacial score (nSPS) is 11.6. The highest BCUT2D eigenvalue weighted by molar-refractivity contribution is 7.99. The highest BCUT2D eigenvalue weighted by atomic mass is 32.2. The average molecular weight is 486 g/mol. The van der Waals surface area contributed by atoms with Gasteiger partial charge in [0.15, 0.2) is 5.16 Å². The Morgan fingerprint density at radius 3 is 2.51 bits per heavy atom. The predicted octanol–water partition coefficient (Wildman–Crippen LogP) is 5.44. The molecule has 0 saturated heterocycles. The molecule has 0 bridgehead atoms. The summed E-state index contributed by atoms with van der Waals surface area (Å²) in [6.07, 6.45) is 0. The third-order valence-electron chi connectivity index (χ3n) is 5.44. The molecule has 8 nitrogen and oxygen atoms in total. The molecule has 0 saturated carbocycles. The van der Waals surface area contributed by atoms with Gasteiger partial charge in [-0.1, -0.05) is 65.9 Å². The van der Waals surface area contributed by atoms with Crippen LogP contribution in [0, 0.1) is 35.3 Å². The number of aryl methyl sites for hydroxylation is 2. The molecule has 4 aromatic rings. The number of rotatable bonds is 9. The fourth-order valence-corrected chi connectivity index (χ4v) is 4.86. The largest absolute Gasteiger partial charge is 0.489 e. The number of hydrogen-bond donors (Lipinski definition) is 0. The van der Waals surface area contributed by atoms with E-state index in [4.69, 9.17) is 4.74 Å². The summed E-state index contributed by atoms with van der Waals surface area (Å²) in [6, 6.07) is 24.6. The average Bonchev–Trinajstić information content (AvgIpc) is 3.22. The van der Waals surface area contributed by atoms with E-state index in [9.17, 15) is 15.4 Å². The molecule has 0 fully saturated rings. The van der Waals surface area contributed by atoms with Gasteiger partial charge in [-0.25, -0.2) is 0 Å². The van der Waals surface area contributed by atoms with Crippen molar-refractivity contribution >= 4 is 11.8 Å². The van der Waals surface area contributed by atoms with Crippen LogP contribution < -0.4 is 4.74 Å². The van der Waals surface area contributed by atoms with Crippen LogP contribution in [0.4, 0.5) is 0 Å². The summed E-state index contributed by atoms with van der Waals surface area (Å²) in [5.41, 5.74) is 3.97. The quantitative estimate of drug-likeness (QED) is 0.176. The molecule has 3 aromatic carbocycles. The number of hydrogen-bond acceptors (Lipinski definition) is 7. The van der Waals surface area contributed by atoms with Crippen molar-refractivity contribution in [2.24, 2.45) is 0 Å². The van der Waals surface area contributed by atoms with Gasteiger partial charge in [-0.3, -0.25) is 14.7 Å². The second-order valence-electron chi connectivity index (χ2n) is 7.92. The summed E-state index contributed by atoms with van der Waals surface area (Å²) in [4.78, 5) is 11.3. The summed E-state index contributed by atoms with van der Waals surface area (Å²) < 4.78 is 7.96. The van der Waals surface area contributed by atoms with Gasteiger partial charge in [0.1, 0.15) is 23.4 Å². The Morgan fingerprint density at radius 2 is 1.77 bits per heavy atom. The Hall–Kier alpha value is -4.16. The lowest BCUT2D eigenvalue weighted by atomic mass is 10.1. The van der Waals surface area contributed by atoms with Crippen LogP contribution in [0.3, 0.4) is 0 Å². The molecule has 0 N–H and O–H groups in total. The van der Waals surface area contributed by atoms with E-state index >= 15 is 0 Å². The summed E-state index contributed by atoms with van der Waals surface area (Å²) in [7, 11) is 0. The zero-order valence-electron chi connectivity index (χ0n) is 19.3. The van der Waals surface area contributed by atoms with Crippen molar-refractivity contribution in [2.45, 2.75) is 30.9 Å². The molecule has 1 heterocycles. The summed E-state index contributed by atoms with van der Waals surface area (Å²) in [5, 5.41) is 29.5. The van der Waals surface area contributed by atoms with Crippen LogP contribution in [-0.2, 0) is 6.61 Å².